The van der Waals surface area contributed by atoms with Crippen LogP contribution in [0, 0.1) is 0 Å². The van der Waals surface area contributed by atoms with Crippen LogP contribution in [-0.2, 0) is 30.5 Å². The molecule has 0 aliphatic heterocycles. The van der Waals surface area contributed by atoms with Crippen molar-refractivity contribution in [3.63, 3.8) is 0 Å². The first-order chi connectivity index (χ1) is 14.6. The predicted molar refractivity (Wildman–Crippen MR) is 127 cm³/mol. The molecule has 0 bridgehead atoms. The van der Waals surface area contributed by atoms with E-state index < -0.39 is 0 Å². The summed E-state index contributed by atoms with van der Waals surface area (Å²) >= 11 is 0. The van der Waals surface area contributed by atoms with Crippen LogP contribution >= 0.6 is 0 Å². The Bertz CT molecular complexity index is 810. The molecule has 2 aromatic carbocycles. The summed E-state index contributed by atoms with van der Waals surface area (Å²) in [6.07, 6.45) is 11.7. The van der Waals surface area contributed by atoms with Crippen molar-refractivity contribution in [3.8, 4) is 0 Å². The zero-order valence-corrected chi connectivity index (χ0v) is 19.1. The highest BCUT2D eigenvalue weighted by Gasteiger charge is 2.31. The van der Waals surface area contributed by atoms with Gasteiger partial charge >= 0.3 is 0 Å². The number of nitrogens with one attached hydrogen (secondary N) is 1. The number of aldehydes is 1. The van der Waals surface area contributed by atoms with E-state index in [1.807, 2.05) is 0 Å². The molecule has 2 aromatic rings. The van der Waals surface area contributed by atoms with Gasteiger partial charge in [0.25, 0.3) is 0 Å². The number of carbonyl (C=O) groups excluding carboxylic acids is 1. The van der Waals surface area contributed by atoms with E-state index in [4.69, 9.17) is 0 Å². The lowest BCUT2D eigenvalue weighted by Gasteiger charge is -2.34. The van der Waals surface area contributed by atoms with Crippen LogP contribution in [0.25, 0.3) is 0 Å². The number of aryl methyl sites for hydroxylation is 4. The summed E-state index contributed by atoms with van der Waals surface area (Å²) in [5, 5.41) is 3.64. The molecule has 2 atom stereocenters. The summed E-state index contributed by atoms with van der Waals surface area (Å²) in [7, 11) is 0. The van der Waals surface area contributed by atoms with Gasteiger partial charge in [0.15, 0.2) is 0 Å². The highest BCUT2D eigenvalue weighted by molar-refractivity contribution is 5.67. The predicted octanol–water partition coefficient (Wildman–Crippen LogP) is 6.19. The van der Waals surface area contributed by atoms with Gasteiger partial charge in [0, 0.05) is 12.1 Å². The summed E-state index contributed by atoms with van der Waals surface area (Å²) < 4.78 is 0. The van der Waals surface area contributed by atoms with E-state index in [-0.39, 0.29) is 12.0 Å². The van der Waals surface area contributed by atoms with Crippen LogP contribution in [0.5, 0.6) is 0 Å². The Hall–Kier alpha value is -1.93. The zero-order chi connectivity index (χ0) is 21.3. The maximum absolute atomic E-state index is 12.1. The summed E-state index contributed by atoms with van der Waals surface area (Å²) in [5.41, 5.74) is 7.02. The van der Waals surface area contributed by atoms with Crippen molar-refractivity contribution in [2.24, 2.45) is 0 Å². The fourth-order valence-electron chi connectivity index (χ4n) is 5.06. The molecule has 1 aliphatic carbocycles. The Kier molecular flexibility index (Phi) is 8.69. The van der Waals surface area contributed by atoms with Crippen molar-refractivity contribution < 1.29 is 4.79 Å². The largest absolute Gasteiger partial charge is 0.311 e. The van der Waals surface area contributed by atoms with Gasteiger partial charge in [-0.15, -0.1) is 0 Å². The quantitative estimate of drug-likeness (QED) is 0.357. The lowest BCUT2D eigenvalue weighted by molar-refractivity contribution is -0.109. The van der Waals surface area contributed by atoms with Crippen LogP contribution in [0.4, 0.5) is 0 Å². The van der Waals surface area contributed by atoms with Crippen LogP contribution < -0.4 is 5.32 Å². The third kappa shape index (κ3) is 5.82. The van der Waals surface area contributed by atoms with Crippen molar-refractivity contribution in [2.45, 2.75) is 96.6 Å². The molecule has 30 heavy (non-hydrogen) atoms. The molecule has 1 N–H and O–H groups in total. The minimum Gasteiger partial charge on any atom is -0.311 e. The number of fused-ring (bicyclic) bond motifs is 1. The van der Waals surface area contributed by atoms with Crippen molar-refractivity contribution >= 4 is 6.29 Å². The maximum Gasteiger partial charge on any atom is 0.129 e. The first-order valence-corrected chi connectivity index (χ1v) is 12.0. The smallest absolute Gasteiger partial charge is 0.129 e. The lowest BCUT2D eigenvalue weighted by atomic mass is 9.76. The van der Waals surface area contributed by atoms with Gasteiger partial charge < -0.3 is 10.1 Å². The van der Waals surface area contributed by atoms with Crippen molar-refractivity contribution in [2.75, 3.05) is 0 Å². The molecular weight excluding hydrogens is 366 g/mol. The van der Waals surface area contributed by atoms with Crippen LogP contribution in [-0.4, -0.2) is 18.4 Å². The Morgan fingerprint density at radius 1 is 0.933 bits per heavy atom. The van der Waals surface area contributed by atoms with Gasteiger partial charge in [0.1, 0.15) is 6.29 Å². The summed E-state index contributed by atoms with van der Waals surface area (Å²) in [6, 6.07) is 16.2. The summed E-state index contributed by atoms with van der Waals surface area (Å²) in [4.78, 5) is 12.1. The molecule has 3 rings (SSSR count). The van der Waals surface area contributed by atoms with Gasteiger partial charge in [0.2, 0.25) is 0 Å². The van der Waals surface area contributed by atoms with Crippen LogP contribution in [0.15, 0.2) is 42.5 Å². The molecule has 0 saturated heterocycles. The minimum absolute atomic E-state index is 0.0309. The summed E-state index contributed by atoms with van der Waals surface area (Å²) in [5.74, 6) is -0.0309. The van der Waals surface area contributed by atoms with Gasteiger partial charge in [0.05, 0.1) is 5.92 Å². The molecular formula is C28H39NO. The number of benzene rings is 2. The van der Waals surface area contributed by atoms with Crippen LogP contribution in [0.3, 0.4) is 0 Å². The second-order valence-corrected chi connectivity index (χ2v) is 9.20. The first-order valence-electron chi connectivity index (χ1n) is 12.0. The second-order valence-electron chi connectivity index (χ2n) is 9.20. The zero-order valence-electron chi connectivity index (χ0n) is 19.1. The van der Waals surface area contributed by atoms with E-state index in [2.05, 4.69) is 68.6 Å². The van der Waals surface area contributed by atoms with Gasteiger partial charge in [-0.2, -0.15) is 0 Å². The molecule has 1 aliphatic rings. The van der Waals surface area contributed by atoms with Gasteiger partial charge in [-0.25, -0.2) is 0 Å². The third-order valence-corrected chi connectivity index (χ3v) is 6.55. The minimum atomic E-state index is -0.0309. The normalized spacial score (nSPS) is 18.4. The highest BCUT2D eigenvalue weighted by Crippen LogP contribution is 2.34. The SMILES string of the molecule is CCCCCCc1ccccc1CCc1cccc2c1C(C=O)C(NC(C)C)CC2. The van der Waals surface area contributed by atoms with Gasteiger partial charge in [-0.3, -0.25) is 0 Å². The van der Waals surface area contributed by atoms with Gasteiger partial charge in [-0.05, 0) is 66.3 Å². The molecule has 0 radical (unpaired) electrons. The molecule has 2 heteroatoms. The topological polar surface area (TPSA) is 29.1 Å². The van der Waals surface area contributed by atoms with E-state index in [1.165, 1.54) is 66.2 Å². The van der Waals surface area contributed by atoms with E-state index in [0.29, 0.717) is 6.04 Å². The van der Waals surface area contributed by atoms with Crippen LogP contribution in [0.1, 0.15) is 86.6 Å². The van der Waals surface area contributed by atoms with E-state index in [9.17, 15) is 4.79 Å². The number of carbonyl (C=O) groups is 1. The molecule has 2 nitrogen and oxygen atoms in total. The molecule has 0 amide bonds. The summed E-state index contributed by atoms with van der Waals surface area (Å²) in [6.45, 7) is 6.60. The third-order valence-electron chi connectivity index (χ3n) is 6.55. The molecule has 0 fully saturated rings. The maximum atomic E-state index is 12.1. The standard InChI is InChI=1S/C28H39NO/c1-4-5-6-7-11-22-12-8-9-13-23(22)16-17-24-14-10-15-25-18-19-27(29-21(2)3)26(20-30)28(24)25/h8-10,12-15,20-21,26-27,29H,4-7,11,16-19H2,1-3H3. The van der Waals surface area contributed by atoms with Crippen molar-refractivity contribution in [3.05, 3.63) is 70.3 Å². The van der Waals surface area contributed by atoms with Gasteiger partial charge in [-0.1, -0.05) is 82.5 Å². The average Bonchev–Trinajstić information content (AvgIpc) is 2.75. The number of hydrogen-bond acceptors (Lipinski definition) is 2. The first kappa shape index (κ1) is 22.7. The molecule has 0 heterocycles. The van der Waals surface area contributed by atoms with E-state index in [1.54, 1.807) is 0 Å². The molecule has 0 aromatic heterocycles. The van der Waals surface area contributed by atoms with E-state index in [0.717, 1.165) is 25.7 Å². The monoisotopic (exact) mass is 405 g/mol. The number of unbranched alkanes of at least 4 members (excludes halogenated alkanes) is 3. The molecule has 2 unspecified atom stereocenters. The number of hydrogen-bond donors (Lipinski definition) is 1. The Labute approximate surface area is 183 Å². The average molecular weight is 406 g/mol. The fourth-order valence-corrected chi connectivity index (χ4v) is 5.06. The van der Waals surface area contributed by atoms with Crippen LogP contribution in [0.2, 0.25) is 0 Å². The lowest BCUT2D eigenvalue weighted by Crippen LogP contribution is -2.43. The van der Waals surface area contributed by atoms with Crippen molar-refractivity contribution in [1.29, 1.82) is 0 Å². The molecule has 162 valence electrons. The Morgan fingerprint density at radius 2 is 1.63 bits per heavy atom. The Balaban J connectivity index is 1.76. The highest BCUT2D eigenvalue weighted by atomic mass is 16.1. The van der Waals surface area contributed by atoms with E-state index >= 15 is 0 Å². The second kappa shape index (κ2) is 11.5. The fraction of sp³-hybridized carbons (Fsp3) is 0.536. The molecule has 0 saturated carbocycles. The Morgan fingerprint density at radius 3 is 2.33 bits per heavy atom. The molecule has 0 spiro atoms. The number of rotatable bonds is 11. The van der Waals surface area contributed by atoms with Crippen molar-refractivity contribution in [1.82, 2.24) is 5.32 Å².